The Morgan fingerprint density at radius 2 is 1.83 bits per heavy atom. The van der Waals surface area contributed by atoms with Gasteiger partial charge in [0.1, 0.15) is 5.60 Å². The van der Waals surface area contributed by atoms with Crippen molar-refractivity contribution in [2.45, 2.75) is 96.4 Å². The molecule has 42 heavy (non-hydrogen) atoms. The minimum Gasteiger partial charge on any atom is -0.444 e. The minimum atomic E-state index is -0.458. The molecule has 1 aromatic carbocycles. The van der Waals surface area contributed by atoms with Crippen LogP contribution in [0.4, 0.5) is 10.5 Å². The van der Waals surface area contributed by atoms with Gasteiger partial charge in [0.05, 0.1) is 29.3 Å². The summed E-state index contributed by atoms with van der Waals surface area (Å²) in [6.07, 6.45) is 6.43. The van der Waals surface area contributed by atoms with Gasteiger partial charge in [-0.05, 0) is 83.4 Å². The Labute approximate surface area is 248 Å². The molecule has 4 fully saturated rings. The number of hydrogen-bond donors (Lipinski definition) is 1. The SMILES string of the molecule is C[C@@H]1CC2(CC[C@@H]1OC1CCN(c3ccc4c(C5CCC(=O)NC5=O)nn(C)c4c3)CC1)CN(C(=O)OC(C)(C)C)C2. The summed E-state index contributed by atoms with van der Waals surface area (Å²) in [5.74, 6) is -0.382. The van der Waals surface area contributed by atoms with Gasteiger partial charge in [-0.15, -0.1) is 0 Å². The molecular formula is C32H45N5O5. The first-order chi connectivity index (χ1) is 19.9. The number of piperidine rings is 2. The minimum absolute atomic E-state index is 0.191. The highest BCUT2D eigenvalue weighted by Crippen LogP contribution is 2.47. The highest BCUT2D eigenvalue weighted by atomic mass is 16.6. The molecule has 4 aliphatic rings. The van der Waals surface area contributed by atoms with Gasteiger partial charge in [-0.2, -0.15) is 5.10 Å². The van der Waals surface area contributed by atoms with E-state index in [-0.39, 0.29) is 35.5 Å². The van der Waals surface area contributed by atoms with Gasteiger partial charge in [-0.1, -0.05) is 6.92 Å². The smallest absolute Gasteiger partial charge is 0.410 e. The third-order valence-corrected chi connectivity index (χ3v) is 9.66. The summed E-state index contributed by atoms with van der Waals surface area (Å²) in [6.45, 7) is 11.5. The fourth-order valence-electron chi connectivity index (χ4n) is 7.54. The third kappa shape index (κ3) is 5.74. The molecule has 10 nitrogen and oxygen atoms in total. The van der Waals surface area contributed by atoms with E-state index in [1.165, 1.54) is 0 Å². The number of fused-ring (bicyclic) bond motifs is 1. The summed E-state index contributed by atoms with van der Waals surface area (Å²) < 4.78 is 14.1. The first kappa shape index (κ1) is 29.0. The maximum atomic E-state index is 12.5. The first-order valence-corrected chi connectivity index (χ1v) is 15.6. The van der Waals surface area contributed by atoms with Crippen LogP contribution in [0, 0.1) is 11.3 Å². The molecule has 1 saturated carbocycles. The lowest BCUT2D eigenvalue weighted by Gasteiger charge is -2.55. The number of aryl methyl sites for hydroxylation is 1. The number of carbonyl (C=O) groups is 3. The van der Waals surface area contributed by atoms with Crippen molar-refractivity contribution < 1.29 is 23.9 Å². The number of nitrogens with zero attached hydrogens (tertiary/aromatic N) is 4. The zero-order valence-corrected chi connectivity index (χ0v) is 25.6. The van der Waals surface area contributed by atoms with Crippen LogP contribution >= 0.6 is 0 Å². The second-order valence-corrected chi connectivity index (χ2v) is 14.1. The first-order valence-electron chi connectivity index (χ1n) is 15.6. The van der Waals surface area contributed by atoms with Crippen molar-refractivity contribution in [1.82, 2.24) is 20.0 Å². The van der Waals surface area contributed by atoms with Gasteiger partial charge in [-0.3, -0.25) is 19.6 Å². The Balaban J connectivity index is 1.01. The van der Waals surface area contributed by atoms with Crippen LogP contribution in [0.5, 0.6) is 0 Å². The van der Waals surface area contributed by atoms with Crippen LogP contribution < -0.4 is 10.2 Å². The lowest BCUT2D eigenvalue weighted by molar-refractivity contribution is -0.134. The third-order valence-electron chi connectivity index (χ3n) is 9.66. The number of nitrogens with one attached hydrogen (secondary N) is 1. The van der Waals surface area contributed by atoms with E-state index in [4.69, 9.17) is 9.47 Å². The molecule has 1 spiro atoms. The molecular weight excluding hydrogens is 534 g/mol. The van der Waals surface area contributed by atoms with E-state index in [0.29, 0.717) is 18.8 Å². The van der Waals surface area contributed by atoms with Crippen LogP contribution in [-0.2, 0) is 26.1 Å². The lowest BCUT2D eigenvalue weighted by Crippen LogP contribution is -2.61. The van der Waals surface area contributed by atoms with Crippen molar-refractivity contribution >= 4 is 34.5 Å². The van der Waals surface area contributed by atoms with Crippen molar-refractivity contribution in [2.24, 2.45) is 18.4 Å². The Kier molecular flexibility index (Phi) is 7.48. The summed E-state index contributed by atoms with van der Waals surface area (Å²) in [5.41, 5.74) is 2.67. The van der Waals surface area contributed by atoms with Gasteiger partial charge < -0.3 is 19.3 Å². The second kappa shape index (κ2) is 10.8. The zero-order chi connectivity index (χ0) is 29.8. The Hall–Kier alpha value is -3.14. The van der Waals surface area contributed by atoms with Crippen LogP contribution in [-0.4, -0.2) is 76.6 Å². The van der Waals surface area contributed by atoms with Crippen LogP contribution in [0.3, 0.4) is 0 Å². The summed E-state index contributed by atoms with van der Waals surface area (Å²) in [4.78, 5) is 40.8. The van der Waals surface area contributed by atoms with Crippen molar-refractivity contribution in [3.8, 4) is 0 Å². The van der Waals surface area contributed by atoms with Gasteiger partial charge >= 0.3 is 6.09 Å². The van der Waals surface area contributed by atoms with E-state index in [1.54, 1.807) is 0 Å². The lowest BCUT2D eigenvalue weighted by atomic mass is 9.64. The summed E-state index contributed by atoms with van der Waals surface area (Å²) in [5, 5.41) is 8.11. The molecule has 1 unspecified atom stereocenters. The van der Waals surface area contributed by atoms with Crippen molar-refractivity contribution in [2.75, 3.05) is 31.1 Å². The number of anilines is 1. The van der Waals surface area contributed by atoms with Crippen molar-refractivity contribution in [1.29, 1.82) is 0 Å². The van der Waals surface area contributed by atoms with Crippen molar-refractivity contribution in [3.05, 3.63) is 23.9 Å². The Bertz CT molecular complexity index is 1370. The van der Waals surface area contributed by atoms with E-state index in [0.717, 1.165) is 80.6 Å². The number of imide groups is 1. The monoisotopic (exact) mass is 579 g/mol. The number of aromatic nitrogens is 2. The Morgan fingerprint density at radius 3 is 2.50 bits per heavy atom. The van der Waals surface area contributed by atoms with Crippen LogP contribution in [0.2, 0.25) is 0 Å². The topological polar surface area (TPSA) is 106 Å². The fourth-order valence-corrected chi connectivity index (χ4v) is 7.54. The number of benzene rings is 1. The van der Waals surface area contributed by atoms with E-state index in [1.807, 2.05) is 37.4 Å². The van der Waals surface area contributed by atoms with Crippen LogP contribution in [0.1, 0.15) is 84.3 Å². The molecule has 228 valence electrons. The number of ether oxygens (including phenoxy) is 2. The molecule has 0 bridgehead atoms. The van der Waals surface area contributed by atoms with Crippen LogP contribution in [0.15, 0.2) is 18.2 Å². The number of rotatable bonds is 4. The number of hydrogen-bond acceptors (Lipinski definition) is 7. The summed E-state index contributed by atoms with van der Waals surface area (Å²) in [7, 11) is 1.91. The molecule has 3 saturated heterocycles. The maximum absolute atomic E-state index is 12.5. The van der Waals surface area contributed by atoms with Gasteiger partial charge in [0, 0.05) is 56.1 Å². The molecule has 3 aliphatic heterocycles. The molecule has 1 N–H and O–H groups in total. The largest absolute Gasteiger partial charge is 0.444 e. The van der Waals surface area contributed by atoms with Gasteiger partial charge in [0.15, 0.2) is 0 Å². The second-order valence-electron chi connectivity index (χ2n) is 14.1. The fraction of sp³-hybridized carbons (Fsp3) is 0.688. The number of likely N-dealkylation sites (tertiary alicyclic amines) is 1. The normalized spacial score (nSPS) is 26.8. The summed E-state index contributed by atoms with van der Waals surface area (Å²) >= 11 is 0. The molecule has 2 aromatic rings. The molecule has 1 aliphatic carbocycles. The van der Waals surface area contributed by atoms with Crippen LogP contribution in [0.25, 0.3) is 10.9 Å². The summed E-state index contributed by atoms with van der Waals surface area (Å²) in [6, 6.07) is 6.37. The molecule has 1 aromatic heterocycles. The number of carbonyl (C=O) groups excluding carboxylic acids is 3. The highest BCUT2D eigenvalue weighted by Gasteiger charge is 2.50. The Morgan fingerprint density at radius 1 is 1.10 bits per heavy atom. The number of amides is 3. The molecule has 0 radical (unpaired) electrons. The molecule has 3 amide bonds. The van der Waals surface area contributed by atoms with E-state index >= 15 is 0 Å². The predicted octanol–water partition coefficient (Wildman–Crippen LogP) is 4.50. The van der Waals surface area contributed by atoms with E-state index < -0.39 is 11.5 Å². The quantitative estimate of drug-likeness (QED) is 0.532. The average molecular weight is 580 g/mol. The predicted molar refractivity (Wildman–Crippen MR) is 159 cm³/mol. The molecule has 3 atom stereocenters. The van der Waals surface area contributed by atoms with Crippen molar-refractivity contribution in [3.63, 3.8) is 0 Å². The zero-order valence-electron chi connectivity index (χ0n) is 25.6. The van der Waals surface area contributed by atoms with Gasteiger partial charge in [-0.25, -0.2) is 4.79 Å². The highest BCUT2D eigenvalue weighted by molar-refractivity contribution is 6.02. The van der Waals surface area contributed by atoms with E-state index in [9.17, 15) is 14.4 Å². The van der Waals surface area contributed by atoms with Gasteiger partial charge in [0.2, 0.25) is 11.8 Å². The molecule has 10 heteroatoms. The molecule has 4 heterocycles. The average Bonchev–Trinajstić information content (AvgIpc) is 3.23. The molecule has 6 rings (SSSR count). The van der Waals surface area contributed by atoms with Gasteiger partial charge in [0.25, 0.3) is 0 Å². The maximum Gasteiger partial charge on any atom is 0.410 e. The van der Waals surface area contributed by atoms with E-state index in [2.05, 4.69) is 40.4 Å². The standard InChI is InChI=1S/C32H45N5O5/c1-20-17-32(18-37(19-32)30(40)42-31(2,3)4)13-10-26(20)41-22-11-14-36(15-12-22)21-6-7-23-25(16-21)35(5)34-28(23)24-8-9-27(38)33-29(24)39/h6-7,16,20,22,24,26H,8-15,17-19H2,1-5H3,(H,33,38,39)/t20-,24?,26+/m1/s1.